The molecule has 0 unspecified atom stereocenters. The van der Waals surface area contributed by atoms with Crippen molar-refractivity contribution in [3.05, 3.63) is 60.0 Å². The van der Waals surface area contributed by atoms with E-state index in [9.17, 15) is 8.42 Å². The minimum Gasteiger partial charge on any atom is -0.337 e. The van der Waals surface area contributed by atoms with Crippen LogP contribution >= 0.6 is 12.2 Å². The summed E-state index contributed by atoms with van der Waals surface area (Å²) in [6.45, 7) is 3.46. The number of thiocarbonyl (C=S) groups is 1. The molecule has 0 atom stereocenters. The fourth-order valence-corrected chi connectivity index (χ4v) is 3.42. The maximum absolute atomic E-state index is 12.5. The molecule has 3 aromatic rings. The number of nitrogens with zero attached hydrogens (tertiary/aromatic N) is 2. The van der Waals surface area contributed by atoms with Crippen LogP contribution in [0.4, 0.5) is 17.3 Å². The topological polar surface area (TPSA) is 109 Å². The van der Waals surface area contributed by atoms with Gasteiger partial charge in [-0.15, -0.1) is 0 Å². The van der Waals surface area contributed by atoms with Gasteiger partial charge in [0.15, 0.2) is 5.11 Å². The number of aromatic nitrogens is 2. The Balaban J connectivity index is 1.67. The highest BCUT2D eigenvalue weighted by Gasteiger charge is 2.19. The fraction of sp³-hybridized carbons (Fsp3) is 0.118. The molecule has 0 radical (unpaired) electrons. The lowest BCUT2D eigenvalue weighted by Crippen LogP contribution is -2.19. The molecule has 2 heterocycles. The molecule has 0 spiro atoms. The lowest BCUT2D eigenvalue weighted by Gasteiger charge is -2.11. The Morgan fingerprint density at radius 1 is 1.07 bits per heavy atom. The molecule has 1 aromatic carbocycles. The largest absolute Gasteiger partial charge is 0.337 e. The van der Waals surface area contributed by atoms with E-state index >= 15 is 0 Å². The fourth-order valence-electron chi connectivity index (χ4n) is 2.14. The number of hydrogen-bond donors (Lipinski definition) is 3. The number of anilines is 3. The maximum atomic E-state index is 12.5. The van der Waals surface area contributed by atoms with Crippen molar-refractivity contribution in [2.75, 3.05) is 15.4 Å². The summed E-state index contributed by atoms with van der Waals surface area (Å²) in [5, 5.41) is 10.1. The van der Waals surface area contributed by atoms with Gasteiger partial charge in [0.25, 0.3) is 10.0 Å². The van der Waals surface area contributed by atoms with Crippen LogP contribution in [0.25, 0.3) is 0 Å². The van der Waals surface area contributed by atoms with Gasteiger partial charge in [0.2, 0.25) is 5.88 Å². The molecule has 0 aliphatic rings. The van der Waals surface area contributed by atoms with Gasteiger partial charge in [-0.1, -0.05) is 5.16 Å². The summed E-state index contributed by atoms with van der Waals surface area (Å²) in [5.41, 5.74) is 2.66. The van der Waals surface area contributed by atoms with E-state index in [1.165, 1.54) is 12.1 Å². The first-order chi connectivity index (χ1) is 12.8. The standard InChI is InChI=1S/C17H17N5O3S2/c1-11-12(2)21-25-16(11)22-27(23,24)15-7-5-13(6-8-15)19-17(26)20-14-4-3-9-18-10-14/h3-10,22H,1-2H3,(H2,19,20,26). The normalized spacial score (nSPS) is 11.0. The molecule has 0 saturated carbocycles. The molecule has 2 aromatic heterocycles. The second kappa shape index (κ2) is 7.72. The van der Waals surface area contributed by atoms with Crippen molar-refractivity contribution in [3.63, 3.8) is 0 Å². The van der Waals surface area contributed by atoms with Gasteiger partial charge < -0.3 is 15.2 Å². The Bertz CT molecular complexity index is 1050. The molecule has 0 bridgehead atoms. The maximum Gasteiger partial charge on any atom is 0.264 e. The van der Waals surface area contributed by atoms with E-state index in [2.05, 4.69) is 25.5 Å². The van der Waals surface area contributed by atoms with Crippen LogP contribution < -0.4 is 15.4 Å². The number of rotatable bonds is 5. The van der Waals surface area contributed by atoms with Gasteiger partial charge in [-0.3, -0.25) is 4.98 Å². The Hall–Kier alpha value is -2.98. The molecule has 0 saturated heterocycles. The number of nitrogens with one attached hydrogen (secondary N) is 3. The number of pyridine rings is 1. The number of hydrogen-bond acceptors (Lipinski definition) is 6. The lowest BCUT2D eigenvalue weighted by molar-refractivity contribution is 0.430. The number of sulfonamides is 1. The molecule has 0 amide bonds. The quantitative estimate of drug-likeness (QED) is 0.557. The predicted octanol–water partition coefficient (Wildman–Crippen LogP) is 3.30. The average molecular weight is 403 g/mol. The van der Waals surface area contributed by atoms with Crippen molar-refractivity contribution >= 4 is 44.6 Å². The van der Waals surface area contributed by atoms with Crippen LogP contribution in [-0.4, -0.2) is 23.7 Å². The summed E-state index contributed by atoms with van der Waals surface area (Å²) in [4.78, 5) is 4.08. The zero-order chi connectivity index (χ0) is 19.4. The van der Waals surface area contributed by atoms with Crippen LogP contribution in [0, 0.1) is 13.8 Å². The van der Waals surface area contributed by atoms with E-state index in [0.717, 1.165) is 5.69 Å². The minimum absolute atomic E-state index is 0.0904. The van der Waals surface area contributed by atoms with E-state index in [1.54, 1.807) is 44.4 Å². The zero-order valence-electron chi connectivity index (χ0n) is 14.6. The van der Waals surface area contributed by atoms with Gasteiger partial charge in [0, 0.05) is 17.4 Å². The monoisotopic (exact) mass is 403 g/mol. The van der Waals surface area contributed by atoms with Gasteiger partial charge in [-0.25, -0.2) is 13.1 Å². The van der Waals surface area contributed by atoms with Crippen LogP contribution in [0.5, 0.6) is 0 Å². The van der Waals surface area contributed by atoms with Crippen molar-refractivity contribution < 1.29 is 12.9 Å². The van der Waals surface area contributed by atoms with Gasteiger partial charge in [-0.05, 0) is 62.5 Å². The van der Waals surface area contributed by atoms with Crippen molar-refractivity contribution in [2.24, 2.45) is 0 Å². The van der Waals surface area contributed by atoms with E-state index in [-0.39, 0.29) is 10.8 Å². The summed E-state index contributed by atoms with van der Waals surface area (Å²) < 4.78 is 32.3. The summed E-state index contributed by atoms with van der Waals surface area (Å²) in [7, 11) is -3.78. The summed E-state index contributed by atoms with van der Waals surface area (Å²) >= 11 is 5.23. The van der Waals surface area contributed by atoms with E-state index < -0.39 is 10.0 Å². The van der Waals surface area contributed by atoms with Gasteiger partial charge in [0.1, 0.15) is 0 Å². The molecular weight excluding hydrogens is 386 g/mol. The molecule has 8 nitrogen and oxygen atoms in total. The highest BCUT2D eigenvalue weighted by atomic mass is 32.2. The molecule has 0 fully saturated rings. The van der Waals surface area contributed by atoms with Crippen molar-refractivity contribution in [3.8, 4) is 0 Å². The molecule has 27 heavy (non-hydrogen) atoms. The van der Waals surface area contributed by atoms with E-state index in [0.29, 0.717) is 22.1 Å². The van der Waals surface area contributed by atoms with E-state index in [1.807, 2.05) is 6.07 Å². The third kappa shape index (κ3) is 4.60. The highest BCUT2D eigenvalue weighted by molar-refractivity contribution is 7.92. The Labute approximate surface area is 162 Å². The molecule has 3 rings (SSSR count). The van der Waals surface area contributed by atoms with Crippen LogP contribution in [0.3, 0.4) is 0 Å². The smallest absolute Gasteiger partial charge is 0.264 e. The molecule has 3 N–H and O–H groups in total. The second-order valence-corrected chi connectivity index (χ2v) is 7.76. The molecule has 10 heteroatoms. The Kier molecular flexibility index (Phi) is 5.38. The third-order valence-electron chi connectivity index (χ3n) is 3.73. The third-order valence-corrected chi connectivity index (χ3v) is 5.28. The van der Waals surface area contributed by atoms with E-state index in [4.69, 9.17) is 16.7 Å². The van der Waals surface area contributed by atoms with Gasteiger partial charge in [-0.2, -0.15) is 0 Å². The second-order valence-electron chi connectivity index (χ2n) is 5.67. The Morgan fingerprint density at radius 3 is 2.37 bits per heavy atom. The summed E-state index contributed by atoms with van der Waals surface area (Å²) in [6, 6.07) is 9.78. The van der Waals surface area contributed by atoms with Crippen LogP contribution in [0.15, 0.2) is 58.2 Å². The number of aryl methyl sites for hydroxylation is 1. The predicted molar refractivity (Wildman–Crippen MR) is 107 cm³/mol. The first kappa shape index (κ1) is 18.8. The first-order valence-electron chi connectivity index (χ1n) is 7.89. The van der Waals surface area contributed by atoms with Gasteiger partial charge >= 0.3 is 0 Å². The van der Waals surface area contributed by atoms with Crippen LogP contribution in [0.2, 0.25) is 0 Å². The summed E-state index contributed by atoms with van der Waals surface area (Å²) in [6.07, 6.45) is 3.30. The van der Waals surface area contributed by atoms with Gasteiger partial charge in [0.05, 0.1) is 22.5 Å². The number of benzene rings is 1. The molecule has 140 valence electrons. The molecule has 0 aliphatic heterocycles. The van der Waals surface area contributed by atoms with Crippen LogP contribution in [-0.2, 0) is 10.0 Å². The van der Waals surface area contributed by atoms with Crippen molar-refractivity contribution in [2.45, 2.75) is 18.7 Å². The average Bonchev–Trinajstić information content (AvgIpc) is 2.94. The summed E-state index contributed by atoms with van der Waals surface area (Å²) in [5.74, 6) is 0.108. The zero-order valence-corrected chi connectivity index (χ0v) is 16.2. The minimum atomic E-state index is -3.78. The molecule has 0 aliphatic carbocycles. The molecular formula is C17H17N5O3S2. The first-order valence-corrected chi connectivity index (χ1v) is 9.78. The van der Waals surface area contributed by atoms with Crippen molar-refractivity contribution in [1.29, 1.82) is 0 Å². The van der Waals surface area contributed by atoms with Crippen molar-refractivity contribution in [1.82, 2.24) is 10.1 Å². The highest BCUT2D eigenvalue weighted by Crippen LogP contribution is 2.22. The Morgan fingerprint density at radius 2 is 1.78 bits per heavy atom. The lowest BCUT2D eigenvalue weighted by atomic mass is 10.3. The van der Waals surface area contributed by atoms with Crippen LogP contribution in [0.1, 0.15) is 11.3 Å². The SMILES string of the molecule is Cc1noc(NS(=O)(=O)c2ccc(NC(=S)Nc3cccnc3)cc2)c1C.